The minimum Gasteiger partial charge on any atom is -0.362 e. The van der Waals surface area contributed by atoms with E-state index in [1.807, 2.05) is 12.1 Å². The van der Waals surface area contributed by atoms with Crippen molar-refractivity contribution in [3.63, 3.8) is 0 Å². The van der Waals surface area contributed by atoms with Crippen molar-refractivity contribution in [3.8, 4) is 0 Å². The second-order valence-corrected chi connectivity index (χ2v) is 10.0. The predicted molar refractivity (Wildman–Crippen MR) is 142 cm³/mol. The Labute approximate surface area is 208 Å². The summed E-state index contributed by atoms with van der Waals surface area (Å²) in [5.74, 6) is 3.01. The molecule has 34 heavy (non-hydrogen) atoms. The average Bonchev–Trinajstić information content (AvgIpc) is 3.13. The van der Waals surface area contributed by atoms with Crippen LogP contribution in [0.25, 0.3) is 0 Å². The van der Waals surface area contributed by atoms with Gasteiger partial charge in [0.25, 0.3) is 0 Å². The van der Waals surface area contributed by atoms with E-state index < -0.39 is 0 Å². The molecule has 2 aliphatic rings. The number of piperidine rings is 1. The van der Waals surface area contributed by atoms with Crippen LogP contribution in [-0.4, -0.2) is 47.8 Å². The largest absolute Gasteiger partial charge is 0.362 e. The lowest BCUT2D eigenvalue weighted by Gasteiger charge is -2.33. The molecule has 0 aliphatic carbocycles. The highest BCUT2D eigenvalue weighted by Gasteiger charge is 2.21. The molecule has 6 nitrogen and oxygen atoms in total. The Morgan fingerprint density at radius 1 is 1.00 bits per heavy atom. The van der Waals surface area contributed by atoms with Crippen LogP contribution in [0.4, 0.5) is 22.0 Å². The van der Waals surface area contributed by atoms with Gasteiger partial charge in [0.05, 0.1) is 0 Å². The zero-order valence-corrected chi connectivity index (χ0v) is 21.0. The van der Waals surface area contributed by atoms with Crippen molar-refractivity contribution in [2.45, 2.75) is 58.3 Å². The van der Waals surface area contributed by atoms with Gasteiger partial charge in [-0.2, -0.15) is 9.97 Å². The van der Waals surface area contributed by atoms with Crippen molar-refractivity contribution in [2.24, 2.45) is 5.92 Å². The van der Waals surface area contributed by atoms with Crippen molar-refractivity contribution in [3.05, 3.63) is 41.7 Å². The van der Waals surface area contributed by atoms with Crippen LogP contribution in [-0.2, 0) is 6.42 Å². The summed E-state index contributed by atoms with van der Waals surface area (Å²) in [4.78, 5) is 14.5. The van der Waals surface area contributed by atoms with E-state index in [0.717, 1.165) is 62.8 Å². The van der Waals surface area contributed by atoms with Crippen molar-refractivity contribution in [2.75, 3.05) is 47.8 Å². The second kappa shape index (κ2) is 12.3. The van der Waals surface area contributed by atoms with Gasteiger partial charge < -0.3 is 20.4 Å². The molecule has 3 heterocycles. The van der Waals surface area contributed by atoms with Crippen molar-refractivity contribution < 1.29 is 4.39 Å². The lowest BCUT2D eigenvalue weighted by atomic mass is 10.0. The Bertz CT molecular complexity index is 909. The fourth-order valence-electron chi connectivity index (χ4n) is 4.79. The molecule has 1 atom stereocenters. The van der Waals surface area contributed by atoms with Crippen molar-refractivity contribution in [1.82, 2.24) is 15.3 Å². The summed E-state index contributed by atoms with van der Waals surface area (Å²) in [5, 5.41) is 7.03. The van der Waals surface area contributed by atoms with E-state index in [4.69, 9.17) is 22.2 Å². The molecule has 0 unspecified atom stereocenters. The number of halogens is 1. The molecule has 1 aromatic carbocycles. The highest BCUT2D eigenvalue weighted by atomic mass is 32.1. The maximum atomic E-state index is 13.1. The minimum absolute atomic E-state index is 0.201. The maximum absolute atomic E-state index is 13.1. The highest BCUT2D eigenvalue weighted by Crippen LogP contribution is 2.27. The molecule has 2 aliphatic heterocycles. The third kappa shape index (κ3) is 7.26. The molecule has 184 valence electrons. The Morgan fingerprint density at radius 2 is 1.68 bits per heavy atom. The fraction of sp³-hybridized carbons (Fsp3) is 0.577. The van der Waals surface area contributed by atoms with Gasteiger partial charge in [0.1, 0.15) is 17.5 Å². The van der Waals surface area contributed by atoms with E-state index in [1.54, 1.807) is 0 Å². The molecular formula is C26H37FN6S. The van der Waals surface area contributed by atoms with Gasteiger partial charge in [0.15, 0.2) is 5.11 Å². The number of anilines is 3. The first kappa shape index (κ1) is 24.6. The molecule has 0 saturated carbocycles. The number of rotatable bonds is 7. The number of benzene rings is 1. The standard InChI is InChI=1S/C26H37FN6S/c1-20-8-7-17-33(19-20)24-18-23(32-15-4-2-3-5-16-32)29-25(30-24)31-26(34)28-14-6-9-21-10-12-22(27)13-11-21/h10-13,18,20H,2-9,14-17,19H2,1H3,(H2,28,29,30,31,34)/t20-/m1/s1. The number of hydrogen-bond acceptors (Lipinski definition) is 5. The summed E-state index contributed by atoms with van der Waals surface area (Å²) in [7, 11) is 0. The molecule has 4 rings (SSSR count). The molecule has 2 N–H and O–H groups in total. The van der Waals surface area contributed by atoms with Crippen LogP contribution in [0.3, 0.4) is 0 Å². The first-order valence-corrected chi connectivity index (χ1v) is 13.2. The smallest absolute Gasteiger partial charge is 0.232 e. The third-order valence-electron chi connectivity index (χ3n) is 6.68. The SMILES string of the molecule is C[C@@H]1CCCN(c2cc(N3CCCCCC3)nc(NC(=S)NCCCc3ccc(F)cc3)n2)C1. The van der Waals surface area contributed by atoms with Crippen LogP contribution in [0.1, 0.15) is 57.4 Å². The van der Waals surface area contributed by atoms with E-state index in [0.29, 0.717) is 17.0 Å². The predicted octanol–water partition coefficient (Wildman–Crippen LogP) is 5.15. The Hall–Kier alpha value is -2.48. The van der Waals surface area contributed by atoms with Crippen LogP contribution in [0, 0.1) is 11.7 Å². The molecule has 2 saturated heterocycles. The minimum atomic E-state index is -0.201. The number of hydrogen-bond donors (Lipinski definition) is 2. The van der Waals surface area contributed by atoms with Gasteiger partial charge in [-0.05, 0) is 74.4 Å². The summed E-state index contributed by atoms with van der Waals surface area (Å²) in [6, 6.07) is 8.83. The van der Waals surface area contributed by atoms with Gasteiger partial charge in [-0.15, -0.1) is 0 Å². The molecular weight excluding hydrogens is 447 g/mol. The van der Waals surface area contributed by atoms with Crippen LogP contribution < -0.4 is 20.4 Å². The lowest BCUT2D eigenvalue weighted by Crippen LogP contribution is -2.36. The molecule has 0 radical (unpaired) electrons. The maximum Gasteiger partial charge on any atom is 0.232 e. The Morgan fingerprint density at radius 3 is 2.38 bits per heavy atom. The summed E-state index contributed by atoms with van der Waals surface area (Å²) >= 11 is 5.54. The Balaban J connectivity index is 1.39. The number of nitrogens with one attached hydrogen (secondary N) is 2. The zero-order chi connectivity index (χ0) is 23.8. The van der Waals surface area contributed by atoms with Gasteiger partial charge in [-0.25, -0.2) is 4.39 Å². The Kier molecular flexibility index (Phi) is 8.91. The second-order valence-electron chi connectivity index (χ2n) is 9.61. The first-order valence-electron chi connectivity index (χ1n) is 12.7. The van der Waals surface area contributed by atoms with Crippen LogP contribution >= 0.6 is 12.2 Å². The van der Waals surface area contributed by atoms with Crippen molar-refractivity contribution in [1.29, 1.82) is 0 Å². The fourth-order valence-corrected chi connectivity index (χ4v) is 4.98. The number of aryl methyl sites for hydroxylation is 1. The normalized spacial score (nSPS) is 18.9. The van der Waals surface area contributed by atoms with Gasteiger partial charge in [0, 0.05) is 38.8 Å². The molecule has 2 aromatic rings. The van der Waals surface area contributed by atoms with E-state index in [2.05, 4.69) is 33.4 Å². The van der Waals surface area contributed by atoms with Crippen molar-refractivity contribution >= 4 is 34.9 Å². The number of thiocarbonyl (C=S) groups is 1. The van der Waals surface area contributed by atoms with Gasteiger partial charge >= 0.3 is 0 Å². The molecule has 0 spiro atoms. The quantitative estimate of drug-likeness (QED) is 0.416. The van der Waals surface area contributed by atoms with Gasteiger partial charge in [-0.3, -0.25) is 0 Å². The monoisotopic (exact) mass is 484 g/mol. The summed E-state index contributed by atoms with van der Waals surface area (Å²) in [6.07, 6.45) is 9.23. The van der Waals surface area contributed by atoms with Crippen LogP contribution in [0.15, 0.2) is 30.3 Å². The van der Waals surface area contributed by atoms with Crippen LogP contribution in [0.5, 0.6) is 0 Å². The molecule has 8 heteroatoms. The lowest BCUT2D eigenvalue weighted by molar-refractivity contribution is 0.444. The summed E-state index contributed by atoms with van der Waals surface area (Å²) in [6.45, 7) is 7.18. The van der Waals surface area contributed by atoms with E-state index in [9.17, 15) is 4.39 Å². The summed E-state index contributed by atoms with van der Waals surface area (Å²) in [5.41, 5.74) is 1.12. The molecule has 0 bridgehead atoms. The summed E-state index contributed by atoms with van der Waals surface area (Å²) < 4.78 is 13.1. The van der Waals surface area contributed by atoms with Gasteiger partial charge in [-0.1, -0.05) is 31.9 Å². The van der Waals surface area contributed by atoms with Crippen LogP contribution in [0.2, 0.25) is 0 Å². The topological polar surface area (TPSA) is 56.3 Å². The third-order valence-corrected chi connectivity index (χ3v) is 6.92. The molecule has 0 amide bonds. The molecule has 2 fully saturated rings. The zero-order valence-electron chi connectivity index (χ0n) is 20.2. The first-order chi connectivity index (χ1) is 16.6. The number of nitrogens with zero attached hydrogens (tertiary/aromatic N) is 4. The van der Waals surface area contributed by atoms with E-state index in [-0.39, 0.29) is 5.82 Å². The number of aromatic nitrogens is 2. The van der Waals surface area contributed by atoms with E-state index in [1.165, 1.54) is 50.7 Å². The average molecular weight is 485 g/mol. The molecule has 1 aromatic heterocycles. The van der Waals surface area contributed by atoms with Gasteiger partial charge in [0.2, 0.25) is 5.95 Å². The highest BCUT2D eigenvalue weighted by molar-refractivity contribution is 7.80. The van der Waals surface area contributed by atoms with E-state index >= 15 is 0 Å².